The average Bonchev–Trinajstić information content (AvgIpc) is 2.72. The van der Waals surface area contributed by atoms with Gasteiger partial charge in [-0.15, -0.1) is 0 Å². The number of aliphatic hydroxyl groups excluding tert-OH is 1. The predicted octanol–water partition coefficient (Wildman–Crippen LogP) is 2.10. The molecule has 0 aliphatic carbocycles. The third-order valence-electron chi connectivity index (χ3n) is 2.77. The van der Waals surface area contributed by atoms with Crippen LogP contribution in [0.3, 0.4) is 0 Å². The Morgan fingerprint density at radius 3 is 2.88 bits per heavy atom. The minimum Gasteiger partial charge on any atom is -0.391 e. The maximum absolute atomic E-state index is 9.05. The molecular formula is C13H26O4. The van der Waals surface area contributed by atoms with Gasteiger partial charge in [0.05, 0.1) is 25.9 Å². The summed E-state index contributed by atoms with van der Waals surface area (Å²) in [6.45, 7) is 5.40. The largest absolute Gasteiger partial charge is 0.391 e. The number of hydrogen-bond acceptors (Lipinski definition) is 4. The molecule has 1 unspecified atom stereocenters. The van der Waals surface area contributed by atoms with Crippen molar-refractivity contribution in [3.05, 3.63) is 0 Å². The zero-order chi connectivity index (χ0) is 12.5. The van der Waals surface area contributed by atoms with E-state index in [9.17, 15) is 0 Å². The monoisotopic (exact) mass is 246 g/mol. The summed E-state index contributed by atoms with van der Waals surface area (Å²) in [5, 5.41) is 9.05. The van der Waals surface area contributed by atoms with Crippen molar-refractivity contribution in [1.29, 1.82) is 0 Å². The van der Waals surface area contributed by atoms with E-state index in [1.165, 1.54) is 25.7 Å². The van der Waals surface area contributed by atoms with E-state index in [1.54, 1.807) is 6.92 Å². The molecule has 1 N–H and O–H groups in total. The van der Waals surface area contributed by atoms with Crippen molar-refractivity contribution < 1.29 is 19.3 Å². The smallest absolute Gasteiger partial charge is 0.158 e. The molecular weight excluding hydrogens is 220 g/mol. The van der Waals surface area contributed by atoms with E-state index in [1.807, 2.05) is 0 Å². The lowest BCUT2D eigenvalue weighted by molar-refractivity contribution is -0.0797. The van der Waals surface area contributed by atoms with Crippen LogP contribution in [0.5, 0.6) is 0 Å². The molecule has 0 amide bonds. The van der Waals surface area contributed by atoms with Gasteiger partial charge in [-0.05, 0) is 19.8 Å². The van der Waals surface area contributed by atoms with Crippen LogP contribution >= 0.6 is 0 Å². The second-order valence-corrected chi connectivity index (χ2v) is 4.76. The quantitative estimate of drug-likeness (QED) is 0.633. The summed E-state index contributed by atoms with van der Waals surface area (Å²) < 4.78 is 16.5. The summed E-state index contributed by atoms with van der Waals surface area (Å²) in [4.78, 5) is 0. The fourth-order valence-corrected chi connectivity index (χ4v) is 1.85. The Labute approximate surface area is 104 Å². The highest BCUT2D eigenvalue weighted by Gasteiger charge is 2.25. The van der Waals surface area contributed by atoms with Gasteiger partial charge in [0.25, 0.3) is 0 Å². The van der Waals surface area contributed by atoms with Crippen LogP contribution in [0, 0.1) is 0 Å². The lowest BCUT2D eigenvalue weighted by atomic mass is 10.1. The molecule has 0 aromatic heterocycles. The molecule has 0 aromatic rings. The predicted molar refractivity (Wildman–Crippen MR) is 65.9 cm³/mol. The molecule has 17 heavy (non-hydrogen) atoms. The maximum atomic E-state index is 9.05. The van der Waals surface area contributed by atoms with Crippen molar-refractivity contribution in [1.82, 2.24) is 0 Å². The first-order valence-corrected chi connectivity index (χ1v) is 6.75. The van der Waals surface area contributed by atoms with Gasteiger partial charge in [0, 0.05) is 0 Å². The molecule has 0 spiro atoms. The zero-order valence-electron chi connectivity index (χ0n) is 11.1. The second kappa shape index (κ2) is 8.86. The minimum absolute atomic E-state index is 0.0323. The first-order chi connectivity index (χ1) is 8.22. The summed E-state index contributed by atoms with van der Waals surface area (Å²) in [7, 11) is 0. The van der Waals surface area contributed by atoms with E-state index in [0.29, 0.717) is 19.8 Å². The van der Waals surface area contributed by atoms with Gasteiger partial charge in [0.1, 0.15) is 6.10 Å². The van der Waals surface area contributed by atoms with Gasteiger partial charge in [-0.1, -0.05) is 26.2 Å². The van der Waals surface area contributed by atoms with E-state index in [-0.39, 0.29) is 12.4 Å². The van der Waals surface area contributed by atoms with Crippen LogP contribution in [0.15, 0.2) is 0 Å². The van der Waals surface area contributed by atoms with Crippen molar-refractivity contribution >= 4 is 0 Å². The van der Waals surface area contributed by atoms with Gasteiger partial charge in [0.2, 0.25) is 0 Å². The molecule has 1 aliphatic rings. The van der Waals surface area contributed by atoms with Gasteiger partial charge in [0.15, 0.2) is 6.29 Å². The van der Waals surface area contributed by atoms with Gasteiger partial charge >= 0.3 is 0 Å². The number of aliphatic hydroxyl groups is 1. The van der Waals surface area contributed by atoms with Gasteiger partial charge in [-0.2, -0.15) is 0 Å². The molecule has 1 heterocycles. The zero-order valence-corrected chi connectivity index (χ0v) is 11.1. The van der Waals surface area contributed by atoms with Crippen LogP contribution in [0.2, 0.25) is 0 Å². The molecule has 1 aliphatic heterocycles. The summed E-state index contributed by atoms with van der Waals surface area (Å²) in [5.41, 5.74) is 0. The van der Waals surface area contributed by atoms with Crippen LogP contribution < -0.4 is 0 Å². The SMILES string of the molecule is CCCCCC[C@H]1OC[C@@H](COCC(C)O)O1. The summed E-state index contributed by atoms with van der Waals surface area (Å²) in [5.74, 6) is 0. The van der Waals surface area contributed by atoms with Crippen molar-refractivity contribution in [2.75, 3.05) is 19.8 Å². The fourth-order valence-electron chi connectivity index (χ4n) is 1.85. The van der Waals surface area contributed by atoms with Crippen LogP contribution in [-0.2, 0) is 14.2 Å². The topological polar surface area (TPSA) is 47.9 Å². The van der Waals surface area contributed by atoms with E-state index >= 15 is 0 Å². The molecule has 4 nitrogen and oxygen atoms in total. The Morgan fingerprint density at radius 1 is 1.35 bits per heavy atom. The van der Waals surface area contributed by atoms with Crippen molar-refractivity contribution in [3.63, 3.8) is 0 Å². The summed E-state index contributed by atoms with van der Waals surface area (Å²) in [6, 6.07) is 0. The van der Waals surface area contributed by atoms with E-state index in [2.05, 4.69) is 6.92 Å². The highest BCUT2D eigenvalue weighted by Crippen LogP contribution is 2.18. The van der Waals surface area contributed by atoms with Crippen LogP contribution in [0.4, 0.5) is 0 Å². The highest BCUT2D eigenvalue weighted by molar-refractivity contribution is 4.65. The average molecular weight is 246 g/mol. The van der Waals surface area contributed by atoms with Crippen LogP contribution in [0.1, 0.15) is 46.0 Å². The van der Waals surface area contributed by atoms with E-state index in [4.69, 9.17) is 19.3 Å². The Morgan fingerprint density at radius 2 is 2.18 bits per heavy atom. The molecule has 0 bridgehead atoms. The maximum Gasteiger partial charge on any atom is 0.158 e. The highest BCUT2D eigenvalue weighted by atomic mass is 16.7. The lowest BCUT2D eigenvalue weighted by Crippen LogP contribution is -2.22. The molecule has 0 aromatic carbocycles. The first kappa shape index (κ1) is 14.9. The number of unbranched alkanes of at least 4 members (excludes halogenated alkanes) is 3. The van der Waals surface area contributed by atoms with E-state index in [0.717, 1.165) is 6.42 Å². The molecule has 0 saturated carbocycles. The molecule has 0 radical (unpaired) electrons. The first-order valence-electron chi connectivity index (χ1n) is 6.75. The Balaban J connectivity index is 1.98. The standard InChI is InChI=1S/C13H26O4/c1-3-4-5-6-7-13-16-10-12(17-13)9-15-8-11(2)14/h11-14H,3-10H2,1-2H3/t11?,12-,13+/m1/s1. The van der Waals surface area contributed by atoms with Crippen LogP contribution in [-0.4, -0.2) is 43.4 Å². The lowest BCUT2D eigenvalue weighted by Gasteiger charge is -2.12. The van der Waals surface area contributed by atoms with Crippen molar-refractivity contribution in [2.24, 2.45) is 0 Å². The molecule has 1 saturated heterocycles. The molecule has 4 heteroatoms. The number of ether oxygens (including phenoxy) is 3. The molecule has 102 valence electrons. The Kier molecular flexibility index (Phi) is 7.77. The fraction of sp³-hybridized carbons (Fsp3) is 1.00. The van der Waals surface area contributed by atoms with Crippen molar-refractivity contribution in [2.45, 2.75) is 64.4 Å². The summed E-state index contributed by atoms with van der Waals surface area (Å²) >= 11 is 0. The Bertz CT molecular complexity index is 184. The second-order valence-electron chi connectivity index (χ2n) is 4.76. The Hall–Kier alpha value is -0.160. The third-order valence-corrected chi connectivity index (χ3v) is 2.77. The van der Waals surface area contributed by atoms with Crippen LogP contribution in [0.25, 0.3) is 0 Å². The van der Waals surface area contributed by atoms with Gasteiger partial charge in [-0.25, -0.2) is 0 Å². The van der Waals surface area contributed by atoms with Crippen molar-refractivity contribution in [3.8, 4) is 0 Å². The molecule has 1 fully saturated rings. The normalized spacial score (nSPS) is 26.3. The number of hydrogen-bond donors (Lipinski definition) is 1. The molecule has 3 atom stereocenters. The minimum atomic E-state index is -0.415. The third kappa shape index (κ3) is 6.99. The molecule has 1 rings (SSSR count). The van der Waals surface area contributed by atoms with Gasteiger partial charge < -0.3 is 19.3 Å². The van der Waals surface area contributed by atoms with E-state index < -0.39 is 6.10 Å². The number of rotatable bonds is 9. The van der Waals surface area contributed by atoms with Gasteiger partial charge in [-0.3, -0.25) is 0 Å². The summed E-state index contributed by atoms with van der Waals surface area (Å²) in [6.07, 6.45) is 5.50.